The van der Waals surface area contributed by atoms with E-state index in [9.17, 15) is 4.79 Å². The molecule has 2 rings (SSSR count). The predicted molar refractivity (Wildman–Crippen MR) is 85.5 cm³/mol. The highest BCUT2D eigenvalue weighted by molar-refractivity contribution is 6.30. The first kappa shape index (κ1) is 16.4. The number of Topliss-reactive ketones (excluding diaryl/α,β-unsaturated/α-hetero) is 1. The van der Waals surface area contributed by atoms with E-state index in [1.807, 2.05) is 25.1 Å². The number of rotatable bonds is 7. The summed E-state index contributed by atoms with van der Waals surface area (Å²) in [4.78, 5) is 16.6. The van der Waals surface area contributed by atoms with Gasteiger partial charge < -0.3 is 4.74 Å². The Morgan fingerprint density at radius 3 is 2.86 bits per heavy atom. The molecular weight excluding hydrogens is 302 g/mol. The summed E-state index contributed by atoms with van der Waals surface area (Å²) in [5, 5.41) is 4.56. The van der Waals surface area contributed by atoms with Crippen molar-refractivity contribution in [2.24, 2.45) is 0 Å². The summed E-state index contributed by atoms with van der Waals surface area (Å²) in [6, 6.07) is 7.37. The molecule has 1 aromatic carbocycles. The van der Waals surface area contributed by atoms with Crippen LogP contribution in [0.4, 0.5) is 0 Å². The average Bonchev–Trinajstić information content (AvgIpc) is 3.00. The van der Waals surface area contributed by atoms with Crippen LogP contribution in [0.1, 0.15) is 19.4 Å². The summed E-state index contributed by atoms with van der Waals surface area (Å²) < 4.78 is 7.08. The summed E-state index contributed by atoms with van der Waals surface area (Å²) in [5.74, 6) is -0.236. The van der Waals surface area contributed by atoms with Crippen LogP contribution in [0.5, 0.6) is 0 Å². The number of halogens is 1. The fraction of sp³-hybridized carbons (Fsp3) is 0.312. The van der Waals surface area contributed by atoms with Crippen molar-refractivity contribution in [1.29, 1.82) is 0 Å². The van der Waals surface area contributed by atoms with Gasteiger partial charge in [0.2, 0.25) is 5.78 Å². The third kappa shape index (κ3) is 3.61. The fourth-order valence-corrected chi connectivity index (χ4v) is 2.52. The molecule has 0 aliphatic carbocycles. The Kier molecular flexibility index (Phi) is 5.11. The van der Waals surface area contributed by atoms with Crippen molar-refractivity contribution in [2.75, 3.05) is 6.61 Å². The van der Waals surface area contributed by atoms with Crippen LogP contribution in [0.2, 0.25) is 5.02 Å². The van der Waals surface area contributed by atoms with Gasteiger partial charge in [0.15, 0.2) is 0 Å². The SMILES string of the molecule is C=C(C(=O)C(C)(Cc1cccc(Cl)c1)OCC)n1cncn1. The zero-order valence-corrected chi connectivity index (χ0v) is 13.4. The summed E-state index contributed by atoms with van der Waals surface area (Å²) in [7, 11) is 0. The molecule has 0 radical (unpaired) electrons. The number of benzene rings is 1. The molecule has 1 atom stereocenters. The minimum Gasteiger partial charge on any atom is -0.367 e. The number of carbonyl (C=O) groups is 1. The number of hydrogen-bond donors (Lipinski definition) is 0. The molecule has 1 aromatic heterocycles. The van der Waals surface area contributed by atoms with Crippen LogP contribution in [0.15, 0.2) is 43.5 Å². The van der Waals surface area contributed by atoms with Gasteiger partial charge in [0.1, 0.15) is 24.0 Å². The van der Waals surface area contributed by atoms with E-state index in [0.29, 0.717) is 18.1 Å². The van der Waals surface area contributed by atoms with Gasteiger partial charge in [-0.25, -0.2) is 9.67 Å². The molecule has 0 fully saturated rings. The summed E-state index contributed by atoms with van der Waals surface area (Å²) in [5.41, 5.74) is 0.0984. The van der Waals surface area contributed by atoms with Gasteiger partial charge in [-0.1, -0.05) is 30.3 Å². The van der Waals surface area contributed by atoms with Crippen molar-refractivity contribution < 1.29 is 9.53 Å². The highest BCUT2D eigenvalue weighted by Crippen LogP contribution is 2.24. The van der Waals surface area contributed by atoms with E-state index in [4.69, 9.17) is 16.3 Å². The molecule has 1 heterocycles. The Balaban J connectivity index is 2.27. The Bertz CT molecular complexity index is 670. The molecule has 0 aliphatic rings. The van der Waals surface area contributed by atoms with Crippen molar-refractivity contribution >= 4 is 23.1 Å². The van der Waals surface area contributed by atoms with E-state index >= 15 is 0 Å². The molecule has 0 aliphatic heterocycles. The highest BCUT2D eigenvalue weighted by Gasteiger charge is 2.36. The third-order valence-electron chi connectivity index (χ3n) is 3.33. The van der Waals surface area contributed by atoms with E-state index in [1.54, 1.807) is 13.0 Å². The fourth-order valence-electron chi connectivity index (χ4n) is 2.31. The van der Waals surface area contributed by atoms with Crippen LogP contribution in [-0.4, -0.2) is 32.8 Å². The molecule has 22 heavy (non-hydrogen) atoms. The van der Waals surface area contributed by atoms with Crippen molar-refractivity contribution in [2.45, 2.75) is 25.9 Å². The quantitative estimate of drug-likeness (QED) is 0.736. The molecule has 1 unspecified atom stereocenters. The lowest BCUT2D eigenvalue weighted by Crippen LogP contribution is -2.42. The van der Waals surface area contributed by atoms with Crippen LogP contribution >= 0.6 is 11.6 Å². The molecule has 5 nitrogen and oxygen atoms in total. The topological polar surface area (TPSA) is 57.0 Å². The van der Waals surface area contributed by atoms with Gasteiger partial charge in [0.25, 0.3) is 0 Å². The average molecular weight is 320 g/mol. The van der Waals surface area contributed by atoms with Crippen LogP contribution in [0.25, 0.3) is 5.70 Å². The second kappa shape index (κ2) is 6.85. The van der Waals surface area contributed by atoms with Crippen LogP contribution in [0, 0.1) is 0 Å². The Hall–Kier alpha value is -1.98. The van der Waals surface area contributed by atoms with Gasteiger partial charge in [-0.2, -0.15) is 5.10 Å². The zero-order chi connectivity index (χ0) is 16.2. The smallest absolute Gasteiger partial charge is 0.212 e. The molecule has 0 saturated heterocycles. The Morgan fingerprint density at radius 1 is 1.50 bits per heavy atom. The van der Waals surface area contributed by atoms with Gasteiger partial charge in [-0.15, -0.1) is 0 Å². The lowest BCUT2D eigenvalue weighted by molar-refractivity contribution is -0.136. The molecule has 0 spiro atoms. The highest BCUT2D eigenvalue weighted by atomic mass is 35.5. The second-order valence-electron chi connectivity index (χ2n) is 5.09. The van der Waals surface area contributed by atoms with Crippen molar-refractivity contribution in [3.05, 3.63) is 54.1 Å². The maximum atomic E-state index is 12.8. The molecule has 0 saturated carbocycles. The second-order valence-corrected chi connectivity index (χ2v) is 5.52. The zero-order valence-electron chi connectivity index (χ0n) is 12.6. The van der Waals surface area contributed by atoms with Gasteiger partial charge in [0, 0.05) is 18.1 Å². The molecule has 0 bridgehead atoms. The number of ketones is 1. The van der Waals surface area contributed by atoms with Crippen molar-refractivity contribution in [3.63, 3.8) is 0 Å². The first-order valence-electron chi connectivity index (χ1n) is 6.93. The van der Waals surface area contributed by atoms with Crippen molar-refractivity contribution in [3.8, 4) is 0 Å². The first-order valence-corrected chi connectivity index (χ1v) is 7.31. The lowest BCUT2D eigenvalue weighted by atomic mass is 9.90. The molecule has 6 heteroatoms. The van der Waals surface area contributed by atoms with E-state index in [-0.39, 0.29) is 11.5 Å². The minimum atomic E-state index is -1.04. The molecule has 0 N–H and O–H groups in total. The van der Waals surface area contributed by atoms with Gasteiger partial charge >= 0.3 is 0 Å². The van der Waals surface area contributed by atoms with Crippen LogP contribution in [0.3, 0.4) is 0 Å². The third-order valence-corrected chi connectivity index (χ3v) is 3.57. The van der Waals surface area contributed by atoms with Gasteiger partial charge in [-0.3, -0.25) is 4.79 Å². The maximum Gasteiger partial charge on any atom is 0.212 e. The Morgan fingerprint density at radius 2 is 2.27 bits per heavy atom. The van der Waals surface area contributed by atoms with Crippen LogP contribution in [-0.2, 0) is 16.0 Å². The standard InChI is InChI=1S/C16H18ClN3O2/c1-4-22-16(3,9-13-6-5-7-14(17)8-13)15(21)12(2)20-11-18-10-19-20/h5-8,10-11H,2,4,9H2,1,3H3. The number of aromatic nitrogens is 3. The largest absolute Gasteiger partial charge is 0.367 e. The number of nitrogens with zero attached hydrogens (tertiary/aromatic N) is 3. The number of carbonyl (C=O) groups excluding carboxylic acids is 1. The molecule has 0 amide bonds. The van der Waals surface area contributed by atoms with E-state index in [2.05, 4.69) is 16.7 Å². The summed E-state index contributed by atoms with van der Waals surface area (Å²) in [6.07, 6.45) is 3.19. The summed E-state index contributed by atoms with van der Waals surface area (Å²) >= 11 is 6.01. The first-order chi connectivity index (χ1) is 10.5. The monoisotopic (exact) mass is 319 g/mol. The summed E-state index contributed by atoms with van der Waals surface area (Å²) in [6.45, 7) is 7.82. The van der Waals surface area contributed by atoms with E-state index in [1.165, 1.54) is 17.3 Å². The number of ether oxygens (including phenoxy) is 1. The lowest BCUT2D eigenvalue weighted by Gasteiger charge is -2.28. The van der Waals surface area contributed by atoms with Gasteiger partial charge in [-0.05, 0) is 31.5 Å². The van der Waals surface area contributed by atoms with Crippen LogP contribution < -0.4 is 0 Å². The van der Waals surface area contributed by atoms with E-state index < -0.39 is 5.60 Å². The molecule has 2 aromatic rings. The number of hydrogen-bond acceptors (Lipinski definition) is 4. The molecular formula is C16H18ClN3O2. The maximum absolute atomic E-state index is 12.8. The van der Waals surface area contributed by atoms with Gasteiger partial charge in [0.05, 0.1) is 0 Å². The Labute approximate surface area is 134 Å². The normalized spacial score (nSPS) is 13.6. The van der Waals surface area contributed by atoms with Crippen molar-refractivity contribution in [1.82, 2.24) is 14.8 Å². The minimum absolute atomic E-state index is 0.218. The predicted octanol–water partition coefficient (Wildman–Crippen LogP) is 3.01. The van der Waals surface area contributed by atoms with E-state index in [0.717, 1.165) is 5.56 Å². The molecule has 116 valence electrons.